The van der Waals surface area contributed by atoms with Gasteiger partial charge in [-0.25, -0.2) is 9.18 Å². The minimum atomic E-state index is -0.653. The van der Waals surface area contributed by atoms with Gasteiger partial charge in [0.2, 0.25) is 11.6 Å². The van der Waals surface area contributed by atoms with Gasteiger partial charge in [-0.3, -0.25) is 0 Å². The van der Waals surface area contributed by atoms with Crippen molar-refractivity contribution in [3.05, 3.63) is 135 Å². The lowest BCUT2D eigenvalue weighted by Crippen LogP contribution is -2.21. The number of aryl methyl sites for hydroxylation is 1. The number of hydrogen-bond acceptors (Lipinski definition) is 7. The Bertz CT molecular complexity index is 1920. The van der Waals surface area contributed by atoms with Gasteiger partial charge in [0.25, 0.3) is 0 Å². The molecule has 1 aliphatic heterocycles. The third-order valence-corrected chi connectivity index (χ3v) is 7.49. The van der Waals surface area contributed by atoms with Crippen LogP contribution in [0.15, 0.2) is 105 Å². The number of nitrogens with zero attached hydrogens (tertiary/aromatic N) is 1. The topological polar surface area (TPSA) is 108 Å². The number of halogens is 2. The first kappa shape index (κ1) is 27.1. The van der Waals surface area contributed by atoms with E-state index in [0.717, 1.165) is 21.0 Å². The Kier molecular flexibility index (Phi) is 7.15. The van der Waals surface area contributed by atoms with E-state index >= 15 is 0 Å². The number of benzene rings is 4. The summed E-state index contributed by atoms with van der Waals surface area (Å²) < 4.78 is 37.3. The molecule has 0 saturated heterocycles. The van der Waals surface area contributed by atoms with Crippen LogP contribution in [0.4, 0.5) is 4.39 Å². The van der Waals surface area contributed by atoms with E-state index in [2.05, 4.69) is 22.0 Å². The average Bonchev–Trinajstić information content (AvgIpc) is 3.31. The normalized spacial score (nSPS) is 14.2. The number of nitrogens with two attached hydrogens (primary N) is 1. The van der Waals surface area contributed by atoms with Crippen molar-refractivity contribution < 1.29 is 27.8 Å². The highest BCUT2D eigenvalue weighted by molar-refractivity contribution is 9.10. The maximum absolute atomic E-state index is 13.2. The molecule has 6 rings (SSSR count). The molecule has 0 bridgehead atoms. The van der Waals surface area contributed by atoms with Crippen LogP contribution in [0.25, 0.3) is 11.0 Å². The molecule has 42 heavy (non-hydrogen) atoms. The molecule has 0 spiro atoms. The second-order valence-electron chi connectivity index (χ2n) is 9.70. The highest BCUT2D eigenvalue weighted by Crippen LogP contribution is 2.44. The number of carbonyl (C=O) groups excluding carboxylic acids is 1. The van der Waals surface area contributed by atoms with E-state index in [1.54, 1.807) is 49.4 Å². The third kappa shape index (κ3) is 5.20. The highest BCUT2D eigenvalue weighted by Gasteiger charge is 2.31. The van der Waals surface area contributed by atoms with E-state index in [-0.39, 0.29) is 35.4 Å². The van der Waals surface area contributed by atoms with E-state index in [9.17, 15) is 14.4 Å². The van der Waals surface area contributed by atoms with Gasteiger partial charge in [-0.1, -0.05) is 46.3 Å². The van der Waals surface area contributed by atoms with Crippen LogP contribution < -0.4 is 19.9 Å². The van der Waals surface area contributed by atoms with Crippen LogP contribution in [-0.2, 0) is 6.61 Å². The summed E-state index contributed by atoms with van der Waals surface area (Å²) in [6.07, 6.45) is 0. The molecule has 1 aliphatic rings. The molecule has 9 heteroatoms. The largest absolute Gasteiger partial charge is 0.489 e. The predicted molar refractivity (Wildman–Crippen MR) is 157 cm³/mol. The number of ether oxygens (including phenoxy) is 3. The molecule has 0 amide bonds. The zero-order chi connectivity index (χ0) is 29.4. The van der Waals surface area contributed by atoms with Gasteiger partial charge in [0, 0.05) is 27.1 Å². The quantitative estimate of drug-likeness (QED) is 0.153. The van der Waals surface area contributed by atoms with Gasteiger partial charge in [0.05, 0.1) is 5.92 Å². The molecule has 2 N–H and O–H groups in total. The van der Waals surface area contributed by atoms with Crippen LogP contribution in [0.2, 0.25) is 0 Å². The van der Waals surface area contributed by atoms with E-state index in [0.29, 0.717) is 28.2 Å². The van der Waals surface area contributed by atoms with Gasteiger partial charge in [-0.2, -0.15) is 5.26 Å². The van der Waals surface area contributed by atoms with Crippen molar-refractivity contribution in [3.63, 3.8) is 0 Å². The fourth-order valence-corrected chi connectivity index (χ4v) is 5.28. The lowest BCUT2D eigenvalue weighted by Gasteiger charge is -2.27. The van der Waals surface area contributed by atoms with E-state index in [1.165, 1.54) is 12.1 Å². The Labute approximate surface area is 248 Å². The second-order valence-corrected chi connectivity index (χ2v) is 10.6. The summed E-state index contributed by atoms with van der Waals surface area (Å²) >= 11 is 3.44. The molecule has 0 radical (unpaired) electrons. The van der Waals surface area contributed by atoms with Crippen LogP contribution >= 0.6 is 15.9 Å². The number of allylic oxidation sites excluding steroid dienone is 1. The Morgan fingerprint density at radius 1 is 1.05 bits per heavy atom. The molecular formula is C33H22BrFN2O5. The van der Waals surface area contributed by atoms with E-state index in [4.69, 9.17) is 24.4 Å². The minimum absolute atomic E-state index is 0.0465. The Balaban J connectivity index is 1.27. The molecular weight excluding hydrogens is 603 g/mol. The van der Waals surface area contributed by atoms with Crippen LogP contribution in [0.3, 0.4) is 0 Å². The Morgan fingerprint density at radius 2 is 1.86 bits per heavy atom. The van der Waals surface area contributed by atoms with Crippen molar-refractivity contribution in [2.45, 2.75) is 19.4 Å². The van der Waals surface area contributed by atoms with Gasteiger partial charge in [-0.05, 0) is 66.6 Å². The number of carbonyl (C=O) groups is 1. The standard InChI is InChI=1S/C33H22BrFN2O5/c1-18-26-14-21(34)7-12-28(26)41-31(18)33(38)40-24-10-11-25-29(15-24)42-32(37)27(16-36)30(25)20-3-2-4-23(13-20)39-17-19-5-8-22(35)9-6-19/h2-15,30H,17,37H2,1H3. The van der Waals surface area contributed by atoms with Crippen LogP contribution in [0.5, 0.6) is 17.2 Å². The van der Waals surface area contributed by atoms with Gasteiger partial charge in [0.15, 0.2) is 0 Å². The van der Waals surface area contributed by atoms with Gasteiger partial charge >= 0.3 is 5.97 Å². The molecule has 1 atom stereocenters. The minimum Gasteiger partial charge on any atom is -0.489 e. The summed E-state index contributed by atoms with van der Waals surface area (Å²) in [5, 5.41) is 10.8. The van der Waals surface area contributed by atoms with Crippen molar-refractivity contribution in [1.29, 1.82) is 5.26 Å². The van der Waals surface area contributed by atoms with Crippen molar-refractivity contribution in [3.8, 4) is 23.3 Å². The predicted octanol–water partition coefficient (Wildman–Crippen LogP) is 7.66. The molecule has 2 heterocycles. The lowest BCUT2D eigenvalue weighted by atomic mass is 9.83. The zero-order valence-electron chi connectivity index (χ0n) is 22.2. The fraction of sp³-hybridized carbons (Fsp3) is 0.0909. The SMILES string of the molecule is Cc1c(C(=O)Oc2ccc3c(c2)OC(N)=C(C#N)C3c2cccc(OCc3ccc(F)cc3)c2)oc2ccc(Br)cc12. The smallest absolute Gasteiger partial charge is 0.379 e. The maximum Gasteiger partial charge on any atom is 0.379 e. The first-order valence-corrected chi connectivity index (χ1v) is 13.7. The number of hydrogen-bond donors (Lipinski definition) is 1. The number of furan rings is 1. The average molecular weight is 625 g/mol. The summed E-state index contributed by atoms with van der Waals surface area (Å²) in [6.45, 7) is 2.04. The number of fused-ring (bicyclic) bond motifs is 2. The van der Waals surface area contributed by atoms with Crippen molar-refractivity contribution in [2.75, 3.05) is 0 Å². The highest BCUT2D eigenvalue weighted by atomic mass is 79.9. The van der Waals surface area contributed by atoms with Crippen LogP contribution in [0.1, 0.15) is 38.7 Å². The fourth-order valence-electron chi connectivity index (χ4n) is 4.91. The van der Waals surface area contributed by atoms with E-state index in [1.807, 2.05) is 30.3 Å². The molecule has 7 nitrogen and oxygen atoms in total. The molecule has 4 aromatic carbocycles. The summed E-state index contributed by atoms with van der Waals surface area (Å²) in [5.74, 6) is -0.318. The molecule has 5 aromatic rings. The first-order valence-electron chi connectivity index (χ1n) is 12.9. The molecule has 208 valence electrons. The van der Waals surface area contributed by atoms with E-state index < -0.39 is 11.9 Å². The van der Waals surface area contributed by atoms with Crippen LogP contribution in [-0.4, -0.2) is 5.97 Å². The first-order chi connectivity index (χ1) is 20.3. The third-order valence-electron chi connectivity index (χ3n) is 6.99. The number of nitriles is 1. The van der Waals surface area contributed by atoms with Gasteiger partial charge in [0.1, 0.15) is 46.9 Å². The molecule has 0 fully saturated rings. The summed E-state index contributed by atoms with van der Waals surface area (Å²) in [6, 6.07) is 26.0. The van der Waals surface area contributed by atoms with Gasteiger partial charge < -0.3 is 24.4 Å². The van der Waals surface area contributed by atoms with Crippen molar-refractivity contribution in [1.82, 2.24) is 0 Å². The monoisotopic (exact) mass is 624 g/mol. The molecule has 0 saturated carbocycles. The molecule has 0 aliphatic carbocycles. The Morgan fingerprint density at radius 3 is 2.64 bits per heavy atom. The Hall–Kier alpha value is -5.07. The van der Waals surface area contributed by atoms with Crippen molar-refractivity contribution in [2.24, 2.45) is 5.73 Å². The number of esters is 1. The molecule has 1 aromatic heterocycles. The second kappa shape index (κ2) is 11.1. The number of rotatable bonds is 6. The van der Waals surface area contributed by atoms with Gasteiger partial charge in [-0.15, -0.1) is 0 Å². The lowest BCUT2D eigenvalue weighted by molar-refractivity contribution is 0.0702. The summed E-state index contributed by atoms with van der Waals surface area (Å²) in [7, 11) is 0. The zero-order valence-corrected chi connectivity index (χ0v) is 23.8. The maximum atomic E-state index is 13.2. The summed E-state index contributed by atoms with van der Waals surface area (Å²) in [5.41, 5.74) is 9.90. The van der Waals surface area contributed by atoms with Crippen LogP contribution in [0, 0.1) is 24.1 Å². The molecule has 1 unspecified atom stereocenters. The summed E-state index contributed by atoms with van der Waals surface area (Å²) in [4.78, 5) is 13.0. The van der Waals surface area contributed by atoms with Crippen molar-refractivity contribution >= 4 is 32.9 Å².